The third-order valence-corrected chi connectivity index (χ3v) is 6.37. The Labute approximate surface area is 181 Å². The van der Waals surface area contributed by atoms with E-state index in [0.29, 0.717) is 36.8 Å². The summed E-state index contributed by atoms with van der Waals surface area (Å²) in [5, 5.41) is 2.34. The minimum Gasteiger partial charge on any atom is -0.493 e. The molecule has 2 fully saturated rings. The van der Waals surface area contributed by atoms with Crippen LogP contribution in [0.25, 0.3) is 0 Å². The van der Waals surface area contributed by atoms with E-state index in [0.717, 1.165) is 18.7 Å². The second-order valence-electron chi connectivity index (χ2n) is 8.60. The highest BCUT2D eigenvalue weighted by Crippen LogP contribution is 2.34. The maximum atomic E-state index is 12.9. The summed E-state index contributed by atoms with van der Waals surface area (Å²) in [6.45, 7) is 4.89. The van der Waals surface area contributed by atoms with E-state index < -0.39 is 11.9 Å². The standard InChI is InChI=1S/C24H25N3O4/c1-15-5-7-17(8-6-15)26-11-16(12-26)14-31-21-4-2-3-18-19(21)13-27(24(18)30)20-9-10-22(28)25-23(20)29/h2-8,16,20H,9-14H2,1H3,(H,25,28,29). The van der Waals surface area contributed by atoms with Crippen LogP contribution in [0.4, 0.5) is 5.69 Å². The molecule has 3 aliphatic heterocycles. The number of hydrogen-bond donors (Lipinski definition) is 1. The van der Waals surface area contributed by atoms with Gasteiger partial charge in [0.1, 0.15) is 11.8 Å². The summed E-state index contributed by atoms with van der Waals surface area (Å²) in [5.74, 6) is 0.277. The molecule has 0 spiro atoms. The molecule has 0 saturated carbocycles. The number of amides is 3. The molecule has 3 aliphatic rings. The van der Waals surface area contributed by atoms with Gasteiger partial charge >= 0.3 is 0 Å². The maximum absolute atomic E-state index is 12.9. The second kappa shape index (κ2) is 7.72. The normalized spacial score (nSPS) is 21.1. The number of imide groups is 1. The molecule has 2 saturated heterocycles. The van der Waals surface area contributed by atoms with Crippen LogP contribution in [0.1, 0.15) is 34.3 Å². The number of rotatable bonds is 5. The fourth-order valence-electron chi connectivity index (χ4n) is 4.54. The van der Waals surface area contributed by atoms with E-state index in [9.17, 15) is 14.4 Å². The lowest BCUT2D eigenvalue weighted by molar-refractivity contribution is -0.136. The second-order valence-corrected chi connectivity index (χ2v) is 8.60. The van der Waals surface area contributed by atoms with Crippen LogP contribution in [-0.4, -0.2) is 48.4 Å². The number of carbonyl (C=O) groups is 3. The molecule has 7 heteroatoms. The highest BCUT2D eigenvalue weighted by atomic mass is 16.5. The Hall–Kier alpha value is -3.35. The molecule has 1 N–H and O–H groups in total. The van der Waals surface area contributed by atoms with Gasteiger partial charge in [-0.05, 0) is 37.6 Å². The molecule has 1 atom stereocenters. The first-order chi connectivity index (χ1) is 15.0. The van der Waals surface area contributed by atoms with Crippen molar-refractivity contribution in [2.24, 2.45) is 5.92 Å². The van der Waals surface area contributed by atoms with Gasteiger partial charge in [0.2, 0.25) is 11.8 Å². The van der Waals surface area contributed by atoms with E-state index >= 15 is 0 Å². The van der Waals surface area contributed by atoms with Crippen molar-refractivity contribution in [2.45, 2.75) is 32.4 Å². The first kappa shape index (κ1) is 19.6. The van der Waals surface area contributed by atoms with E-state index in [1.807, 2.05) is 12.1 Å². The Morgan fingerprint density at radius 1 is 1.06 bits per heavy atom. The third kappa shape index (κ3) is 3.65. The number of benzene rings is 2. The quantitative estimate of drug-likeness (QED) is 0.753. The number of nitrogens with zero attached hydrogens (tertiary/aromatic N) is 2. The number of piperidine rings is 1. The SMILES string of the molecule is Cc1ccc(N2CC(COc3cccc4c3CN(C3CCC(=O)NC3=O)C4=O)C2)cc1. The number of fused-ring (bicyclic) bond motifs is 1. The number of carbonyl (C=O) groups excluding carboxylic acids is 3. The van der Waals surface area contributed by atoms with Gasteiger partial charge in [-0.1, -0.05) is 23.8 Å². The first-order valence-corrected chi connectivity index (χ1v) is 10.7. The van der Waals surface area contributed by atoms with Gasteiger partial charge in [-0.2, -0.15) is 0 Å². The van der Waals surface area contributed by atoms with Gasteiger partial charge in [0.25, 0.3) is 5.91 Å². The fraction of sp³-hybridized carbons (Fsp3) is 0.375. The van der Waals surface area contributed by atoms with Crippen LogP contribution in [0.3, 0.4) is 0 Å². The molecular weight excluding hydrogens is 394 g/mol. The summed E-state index contributed by atoms with van der Waals surface area (Å²) >= 11 is 0. The van der Waals surface area contributed by atoms with Gasteiger partial charge in [0, 0.05) is 42.2 Å². The number of ether oxygens (including phenoxy) is 1. The summed E-state index contributed by atoms with van der Waals surface area (Å²) in [6, 6.07) is 13.4. The van der Waals surface area contributed by atoms with Gasteiger partial charge in [0.05, 0.1) is 13.2 Å². The zero-order valence-corrected chi connectivity index (χ0v) is 17.5. The van der Waals surface area contributed by atoms with Crippen LogP contribution in [0.2, 0.25) is 0 Å². The van der Waals surface area contributed by atoms with Crippen LogP contribution in [0.15, 0.2) is 42.5 Å². The molecule has 31 heavy (non-hydrogen) atoms. The van der Waals surface area contributed by atoms with E-state index in [4.69, 9.17) is 4.74 Å². The number of hydrogen-bond acceptors (Lipinski definition) is 5. The third-order valence-electron chi connectivity index (χ3n) is 6.37. The predicted molar refractivity (Wildman–Crippen MR) is 115 cm³/mol. The minimum absolute atomic E-state index is 0.177. The Kier molecular flexibility index (Phi) is 4.88. The largest absolute Gasteiger partial charge is 0.493 e. The van der Waals surface area contributed by atoms with Crippen molar-refractivity contribution in [3.63, 3.8) is 0 Å². The smallest absolute Gasteiger partial charge is 0.255 e. The minimum atomic E-state index is -0.611. The Morgan fingerprint density at radius 2 is 1.84 bits per heavy atom. The lowest BCUT2D eigenvalue weighted by Crippen LogP contribution is -2.52. The summed E-state index contributed by atoms with van der Waals surface area (Å²) in [4.78, 5) is 40.5. The van der Waals surface area contributed by atoms with Crippen LogP contribution in [0.5, 0.6) is 5.75 Å². The molecule has 3 heterocycles. The Balaban J connectivity index is 1.22. The Bertz CT molecular complexity index is 1040. The number of aryl methyl sites for hydroxylation is 1. The van der Waals surface area contributed by atoms with Crippen molar-refractivity contribution in [1.29, 1.82) is 0 Å². The van der Waals surface area contributed by atoms with E-state index in [2.05, 4.69) is 41.4 Å². The zero-order chi connectivity index (χ0) is 21.5. The van der Waals surface area contributed by atoms with Crippen molar-refractivity contribution in [3.8, 4) is 5.75 Å². The molecule has 7 nitrogen and oxygen atoms in total. The van der Waals surface area contributed by atoms with Gasteiger partial charge in [-0.3, -0.25) is 19.7 Å². The molecule has 0 aliphatic carbocycles. The predicted octanol–water partition coefficient (Wildman–Crippen LogP) is 2.27. The highest BCUT2D eigenvalue weighted by Gasteiger charge is 2.40. The van der Waals surface area contributed by atoms with Crippen LogP contribution >= 0.6 is 0 Å². The van der Waals surface area contributed by atoms with Gasteiger partial charge in [-0.15, -0.1) is 0 Å². The monoisotopic (exact) mass is 419 g/mol. The van der Waals surface area contributed by atoms with Gasteiger partial charge in [-0.25, -0.2) is 0 Å². The van der Waals surface area contributed by atoms with Crippen molar-refractivity contribution in [1.82, 2.24) is 10.2 Å². The van der Waals surface area contributed by atoms with Crippen molar-refractivity contribution >= 4 is 23.4 Å². The highest BCUT2D eigenvalue weighted by molar-refractivity contribution is 6.05. The summed E-state index contributed by atoms with van der Waals surface area (Å²) in [6.07, 6.45) is 0.608. The molecule has 160 valence electrons. The van der Waals surface area contributed by atoms with Gasteiger partial charge in [0.15, 0.2) is 0 Å². The molecule has 0 radical (unpaired) electrons. The maximum Gasteiger partial charge on any atom is 0.255 e. The average Bonchev–Trinajstić information content (AvgIpc) is 3.05. The molecule has 2 aromatic carbocycles. The molecule has 0 bridgehead atoms. The lowest BCUT2D eigenvalue weighted by Gasteiger charge is -2.41. The molecule has 0 aromatic heterocycles. The Morgan fingerprint density at radius 3 is 2.58 bits per heavy atom. The summed E-state index contributed by atoms with van der Waals surface area (Å²) in [5.41, 5.74) is 3.89. The van der Waals surface area contributed by atoms with E-state index in [1.165, 1.54) is 11.3 Å². The van der Waals surface area contributed by atoms with Crippen molar-refractivity contribution < 1.29 is 19.1 Å². The molecule has 3 amide bonds. The van der Waals surface area contributed by atoms with Gasteiger partial charge < -0.3 is 14.5 Å². The topological polar surface area (TPSA) is 79.0 Å². The molecule has 5 rings (SSSR count). The zero-order valence-electron chi connectivity index (χ0n) is 17.5. The molecule has 1 unspecified atom stereocenters. The van der Waals surface area contributed by atoms with E-state index in [1.54, 1.807) is 11.0 Å². The first-order valence-electron chi connectivity index (χ1n) is 10.7. The number of nitrogens with one attached hydrogen (secondary N) is 1. The lowest BCUT2D eigenvalue weighted by atomic mass is 10.00. The van der Waals surface area contributed by atoms with Crippen LogP contribution < -0.4 is 15.0 Å². The van der Waals surface area contributed by atoms with E-state index in [-0.39, 0.29) is 18.2 Å². The number of anilines is 1. The average molecular weight is 419 g/mol. The van der Waals surface area contributed by atoms with Crippen LogP contribution in [-0.2, 0) is 16.1 Å². The summed E-state index contributed by atoms with van der Waals surface area (Å²) < 4.78 is 6.12. The van der Waals surface area contributed by atoms with Crippen molar-refractivity contribution in [3.05, 3.63) is 59.2 Å². The fourth-order valence-corrected chi connectivity index (χ4v) is 4.54. The van der Waals surface area contributed by atoms with Crippen LogP contribution in [0, 0.1) is 12.8 Å². The molecule has 2 aromatic rings. The summed E-state index contributed by atoms with van der Waals surface area (Å²) in [7, 11) is 0. The van der Waals surface area contributed by atoms with Crippen molar-refractivity contribution in [2.75, 3.05) is 24.6 Å². The molecular formula is C24H25N3O4.